The van der Waals surface area contributed by atoms with Gasteiger partial charge in [-0.1, -0.05) is 39.3 Å². The average molecular weight is 315 g/mol. The molecule has 8 atom stereocenters. The van der Waals surface area contributed by atoms with E-state index in [0.29, 0.717) is 10.8 Å². The van der Waals surface area contributed by atoms with E-state index in [1.54, 1.807) is 6.42 Å². The molecular weight excluding hydrogens is 276 g/mol. The minimum atomic E-state index is 0.582. The van der Waals surface area contributed by atoms with Gasteiger partial charge in [0.15, 0.2) is 0 Å². The van der Waals surface area contributed by atoms with Crippen LogP contribution < -0.4 is 0 Å². The van der Waals surface area contributed by atoms with Crippen LogP contribution in [0.1, 0.15) is 85.5 Å². The molecule has 0 bridgehead atoms. The van der Waals surface area contributed by atoms with E-state index < -0.39 is 0 Å². The molecule has 0 aromatic carbocycles. The Morgan fingerprint density at radius 3 is 2.30 bits per heavy atom. The molecule has 0 aromatic rings. The molecule has 0 N–H and O–H groups in total. The molecule has 4 aliphatic carbocycles. The summed E-state index contributed by atoms with van der Waals surface area (Å²) in [6.45, 7) is 14.5. The molecule has 4 rings (SSSR count). The minimum absolute atomic E-state index is 0.582. The standard InChI is InChI=1S/C23H38/c1-15(2)19-8-9-20-18-7-6-17-14-16(3)10-12-22(17,4)21(18)11-13-23(19,20)5/h16-21H,1,6-14H2,2-5H3/t16?,17-,18?,19?,20?,21?,22?,23?/m0/s1. The first-order valence-electron chi connectivity index (χ1n) is 10.5. The van der Waals surface area contributed by atoms with Gasteiger partial charge >= 0.3 is 0 Å². The van der Waals surface area contributed by atoms with Gasteiger partial charge in [0.05, 0.1) is 0 Å². The number of hydrogen-bond donors (Lipinski definition) is 0. The minimum Gasteiger partial charge on any atom is -0.0998 e. The van der Waals surface area contributed by atoms with E-state index in [-0.39, 0.29) is 0 Å². The smallest absolute Gasteiger partial charge is 0.0152 e. The molecule has 7 unspecified atom stereocenters. The van der Waals surface area contributed by atoms with Gasteiger partial charge in [-0.15, -0.1) is 0 Å². The van der Waals surface area contributed by atoms with Gasteiger partial charge in [0.1, 0.15) is 0 Å². The lowest BCUT2D eigenvalue weighted by atomic mass is 9.44. The molecule has 0 heterocycles. The SMILES string of the molecule is C=C(C)C1CCC2C3CC[C@H]4CC(C)CCC4(C)C3CCC12C. The van der Waals surface area contributed by atoms with Crippen LogP contribution in [0.2, 0.25) is 0 Å². The van der Waals surface area contributed by atoms with E-state index in [2.05, 4.69) is 34.3 Å². The van der Waals surface area contributed by atoms with Crippen LogP contribution >= 0.6 is 0 Å². The summed E-state index contributed by atoms with van der Waals surface area (Å²) in [6, 6.07) is 0. The van der Waals surface area contributed by atoms with E-state index >= 15 is 0 Å². The van der Waals surface area contributed by atoms with Crippen LogP contribution in [0.5, 0.6) is 0 Å². The van der Waals surface area contributed by atoms with Gasteiger partial charge in [0.2, 0.25) is 0 Å². The summed E-state index contributed by atoms with van der Waals surface area (Å²) >= 11 is 0. The summed E-state index contributed by atoms with van der Waals surface area (Å²) in [7, 11) is 0. The van der Waals surface area contributed by atoms with E-state index in [0.717, 1.165) is 35.5 Å². The molecule has 0 saturated heterocycles. The lowest BCUT2D eigenvalue weighted by Crippen LogP contribution is -2.53. The van der Waals surface area contributed by atoms with Gasteiger partial charge in [0, 0.05) is 0 Å². The second-order valence-corrected chi connectivity index (χ2v) is 10.6. The average Bonchev–Trinajstić information content (AvgIpc) is 2.85. The largest absolute Gasteiger partial charge is 0.0998 e. The van der Waals surface area contributed by atoms with E-state index in [9.17, 15) is 0 Å². The van der Waals surface area contributed by atoms with E-state index in [4.69, 9.17) is 0 Å². The van der Waals surface area contributed by atoms with Gasteiger partial charge in [-0.05, 0) is 105 Å². The monoisotopic (exact) mass is 314 g/mol. The van der Waals surface area contributed by atoms with Crippen molar-refractivity contribution in [3.8, 4) is 0 Å². The Morgan fingerprint density at radius 1 is 0.870 bits per heavy atom. The summed E-state index contributed by atoms with van der Waals surface area (Å²) in [5, 5.41) is 0. The third-order valence-corrected chi connectivity index (χ3v) is 9.52. The quantitative estimate of drug-likeness (QED) is 0.464. The van der Waals surface area contributed by atoms with Crippen molar-refractivity contribution in [2.24, 2.45) is 46.3 Å². The zero-order valence-electron chi connectivity index (χ0n) is 16.0. The van der Waals surface area contributed by atoms with E-state index in [1.807, 2.05) is 0 Å². The Morgan fingerprint density at radius 2 is 1.57 bits per heavy atom. The molecule has 23 heavy (non-hydrogen) atoms. The second-order valence-electron chi connectivity index (χ2n) is 10.6. The van der Waals surface area contributed by atoms with Crippen LogP contribution in [0.25, 0.3) is 0 Å². The number of hydrogen-bond acceptors (Lipinski definition) is 0. The van der Waals surface area contributed by atoms with Crippen LogP contribution in [0.15, 0.2) is 12.2 Å². The number of rotatable bonds is 1. The predicted octanol–water partition coefficient (Wildman–Crippen LogP) is 6.86. The molecule has 0 heteroatoms. The van der Waals surface area contributed by atoms with Crippen molar-refractivity contribution in [1.29, 1.82) is 0 Å². The van der Waals surface area contributed by atoms with Gasteiger partial charge in [-0.2, -0.15) is 0 Å². The van der Waals surface area contributed by atoms with Crippen molar-refractivity contribution in [1.82, 2.24) is 0 Å². The van der Waals surface area contributed by atoms with Crippen molar-refractivity contribution in [3.63, 3.8) is 0 Å². The van der Waals surface area contributed by atoms with Crippen molar-refractivity contribution in [2.75, 3.05) is 0 Å². The molecule has 4 saturated carbocycles. The zero-order valence-corrected chi connectivity index (χ0v) is 16.0. The molecule has 0 aromatic heterocycles. The molecule has 0 spiro atoms. The Labute approximate surface area is 144 Å². The molecule has 0 aliphatic heterocycles. The number of fused-ring (bicyclic) bond motifs is 5. The Hall–Kier alpha value is -0.260. The third-order valence-electron chi connectivity index (χ3n) is 9.52. The van der Waals surface area contributed by atoms with Crippen LogP contribution in [-0.2, 0) is 0 Å². The fourth-order valence-corrected chi connectivity index (χ4v) is 8.28. The van der Waals surface area contributed by atoms with Gasteiger partial charge < -0.3 is 0 Å². The lowest BCUT2D eigenvalue weighted by molar-refractivity contribution is -0.114. The fourth-order valence-electron chi connectivity index (χ4n) is 8.28. The topological polar surface area (TPSA) is 0 Å². The first-order chi connectivity index (χ1) is 10.9. The van der Waals surface area contributed by atoms with E-state index in [1.165, 1.54) is 56.9 Å². The Kier molecular flexibility index (Phi) is 3.79. The maximum atomic E-state index is 4.36. The van der Waals surface area contributed by atoms with Crippen LogP contribution in [0.3, 0.4) is 0 Å². The van der Waals surface area contributed by atoms with Crippen molar-refractivity contribution in [2.45, 2.75) is 85.5 Å². The van der Waals surface area contributed by atoms with Crippen LogP contribution in [0, 0.1) is 46.3 Å². The van der Waals surface area contributed by atoms with Crippen molar-refractivity contribution >= 4 is 0 Å². The lowest BCUT2D eigenvalue weighted by Gasteiger charge is -2.61. The highest BCUT2D eigenvalue weighted by Gasteiger charge is 2.59. The van der Waals surface area contributed by atoms with Crippen LogP contribution in [0.4, 0.5) is 0 Å². The number of allylic oxidation sites excluding steroid dienone is 1. The maximum absolute atomic E-state index is 4.36. The highest BCUT2D eigenvalue weighted by molar-refractivity contribution is 5.15. The first-order valence-corrected chi connectivity index (χ1v) is 10.5. The van der Waals surface area contributed by atoms with Gasteiger partial charge in [0.25, 0.3) is 0 Å². The first kappa shape index (κ1) is 16.2. The zero-order chi connectivity index (χ0) is 16.4. The molecule has 0 radical (unpaired) electrons. The molecule has 0 nitrogen and oxygen atoms in total. The Bertz CT molecular complexity index is 490. The molecule has 4 fully saturated rings. The summed E-state index contributed by atoms with van der Waals surface area (Å²) in [6.07, 6.45) is 13.5. The highest BCUT2D eigenvalue weighted by Crippen LogP contribution is 2.68. The predicted molar refractivity (Wildman–Crippen MR) is 99.2 cm³/mol. The molecular formula is C23H38. The van der Waals surface area contributed by atoms with Gasteiger partial charge in [-0.3, -0.25) is 0 Å². The summed E-state index contributed by atoms with van der Waals surface area (Å²) in [5.41, 5.74) is 2.73. The van der Waals surface area contributed by atoms with Crippen molar-refractivity contribution in [3.05, 3.63) is 12.2 Å². The highest BCUT2D eigenvalue weighted by atomic mass is 14.6. The Balaban J connectivity index is 1.61. The van der Waals surface area contributed by atoms with Crippen molar-refractivity contribution < 1.29 is 0 Å². The summed E-state index contributed by atoms with van der Waals surface area (Å²) in [4.78, 5) is 0. The maximum Gasteiger partial charge on any atom is -0.0152 e. The fraction of sp³-hybridized carbons (Fsp3) is 0.913. The summed E-state index contributed by atoms with van der Waals surface area (Å²) in [5.74, 6) is 5.90. The van der Waals surface area contributed by atoms with Gasteiger partial charge in [-0.25, -0.2) is 0 Å². The molecule has 0 amide bonds. The summed E-state index contributed by atoms with van der Waals surface area (Å²) < 4.78 is 0. The van der Waals surface area contributed by atoms with Crippen LogP contribution in [-0.4, -0.2) is 0 Å². The molecule has 130 valence electrons. The molecule has 4 aliphatic rings. The normalized spacial score (nSPS) is 55.7. The third kappa shape index (κ3) is 2.22. The second kappa shape index (κ2) is 5.37.